The van der Waals surface area contributed by atoms with Crippen LogP contribution in [0.3, 0.4) is 0 Å². The maximum Gasteiger partial charge on any atom is 0.241 e. The molecule has 3 amide bonds. The molecule has 1 atom stereocenters. The first-order valence-corrected chi connectivity index (χ1v) is 8.25. The highest BCUT2D eigenvalue weighted by Crippen LogP contribution is 2.18. The van der Waals surface area contributed by atoms with E-state index < -0.39 is 0 Å². The largest absolute Gasteiger partial charge is 0.355 e. The minimum atomic E-state index is -0.190. The van der Waals surface area contributed by atoms with E-state index in [0.29, 0.717) is 32.6 Å². The number of carbonyl (C=O) groups is 3. The molecule has 7 heteroatoms. The Morgan fingerprint density at radius 3 is 2.52 bits per heavy atom. The Morgan fingerprint density at radius 2 is 1.91 bits per heavy atom. The predicted octanol–water partition coefficient (Wildman–Crippen LogP) is -0.148. The van der Waals surface area contributed by atoms with Crippen LogP contribution in [0.1, 0.15) is 40.0 Å². The van der Waals surface area contributed by atoms with Crippen molar-refractivity contribution in [2.45, 2.75) is 40.0 Å². The van der Waals surface area contributed by atoms with Crippen molar-refractivity contribution in [2.75, 3.05) is 32.7 Å². The lowest BCUT2D eigenvalue weighted by molar-refractivity contribution is -0.137. The molecule has 23 heavy (non-hydrogen) atoms. The number of nitrogens with two attached hydrogens (primary N) is 1. The van der Waals surface area contributed by atoms with E-state index in [0.717, 1.165) is 12.8 Å². The molecule has 7 nitrogen and oxygen atoms in total. The van der Waals surface area contributed by atoms with E-state index in [-0.39, 0.29) is 35.6 Å². The second-order valence-electron chi connectivity index (χ2n) is 7.27. The van der Waals surface area contributed by atoms with Gasteiger partial charge in [-0.05, 0) is 18.3 Å². The molecule has 132 valence electrons. The number of nitrogens with zero attached hydrogens (tertiary/aromatic N) is 1. The van der Waals surface area contributed by atoms with Gasteiger partial charge in [-0.3, -0.25) is 14.4 Å². The molecule has 1 rings (SSSR count). The molecule has 0 saturated carbocycles. The summed E-state index contributed by atoms with van der Waals surface area (Å²) in [4.78, 5) is 37.6. The van der Waals surface area contributed by atoms with Gasteiger partial charge in [0.2, 0.25) is 17.7 Å². The molecule has 0 spiro atoms. The van der Waals surface area contributed by atoms with Crippen molar-refractivity contribution in [3.8, 4) is 0 Å². The fourth-order valence-electron chi connectivity index (χ4n) is 2.59. The molecule has 4 N–H and O–H groups in total. The molecule has 0 radical (unpaired) electrons. The Hall–Kier alpha value is -1.63. The lowest BCUT2D eigenvalue weighted by Gasteiger charge is -2.32. The molecule has 1 fully saturated rings. The summed E-state index contributed by atoms with van der Waals surface area (Å²) in [6.07, 6.45) is 1.95. The number of nitrogens with one attached hydrogen (secondary N) is 2. The van der Waals surface area contributed by atoms with Crippen LogP contribution in [0, 0.1) is 11.3 Å². The van der Waals surface area contributed by atoms with E-state index in [1.54, 1.807) is 4.90 Å². The van der Waals surface area contributed by atoms with Crippen molar-refractivity contribution in [1.29, 1.82) is 0 Å². The summed E-state index contributed by atoms with van der Waals surface area (Å²) in [5, 5.41) is 5.43. The van der Waals surface area contributed by atoms with Gasteiger partial charge in [-0.25, -0.2) is 0 Å². The Morgan fingerprint density at radius 1 is 1.22 bits per heavy atom. The molecule has 1 unspecified atom stereocenters. The third kappa shape index (κ3) is 7.45. The van der Waals surface area contributed by atoms with Gasteiger partial charge in [-0.1, -0.05) is 20.8 Å². The second kappa shape index (κ2) is 8.86. The molecule has 1 saturated heterocycles. The van der Waals surface area contributed by atoms with Crippen LogP contribution in [0.4, 0.5) is 0 Å². The summed E-state index contributed by atoms with van der Waals surface area (Å²) in [5.41, 5.74) is 5.27. The summed E-state index contributed by atoms with van der Waals surface area (Å²) in [6.45, 7) is 7.81. The number of piperidine rings is 1. The Balaban J connectivity index is 2.41. The summed E-state index contributed by atoms with van der Waals surface area (Å²) in [6, 6.07) is 0. The second-order valence-corrected chi connectivity index (χ2v) is 7.27. The van der Waals surface area contributed by atoms with Crippen LogP contribution in [-0.4, -0.2) is 55.3 Å². The SMILES string of the molecule is CC(C)(C)CC(=O)NCC(=O)N1CCCC(C(=O)NCCN)C1. The van der Waals surface area contributed by atoms with E-state index >= 15 is 0 Å². The van der Waals surface area contributed by atoms with E-state index in [2.05, 4.69) is 10.6 Å². The first-order valence-electron chi connectivity index (χ1n) is 8.25. The zero-order valence-electron chi connectivity index (χ0n) is 14.5. The predicted molar refractivity (Wildman–Crippen MR) is 88.4 cm³/mol. The Kier molecular flexibility index (Phi) is 7.48. The fraction of sp³-hybridized carbons (Fsp3) is 0.812. The van der Waals surface area contributed by atoms with Crippen molar-refractivity contribution >= 4 is 17.7 Å². The van der Waals surface area contributed by atoms with Crippen LogP contribution < -0.4 is 16.4 Å². The van der Waals surface area contributed by atoms with Gasteiger partial charge >= 0.3 is 0 Å². The van der Waals surface area contributed by atoms with Gasteiger partial charge in [-0.2, -0.15) is 0 Å². The van der Waals surface area contributed by atoms with Crippen molar-refractivity contribution in [1.82, 2.24) is 15.5 Å². The molecular formula is C16H30N4O3. The number of amides is 3. The van der Waals surface area contributed by atoms with E-state index in [1.165, 1.54) is 0 Å². The van der Waals surface area contributed by atoms with Crippen LogP contribution in [0.2, 0.25) is 0 Å². The van der Waals surface area contributed by atoms with E-state index in [4.69, 9.17) is 5.73 Å². The zero-order chi connectivity index (χ0) is 17.5. The summed E-state index contributed by atoms with van der Waals surface area (Å²) in [5.74, 6) is -0.502. The maximum atomic E-state index is 12.2. The highest BCUT2D eigenvalue weighted by Gasteiger charge is 2.28. The molecule has 1 aliphatic rings. The number of rotatable bonds is 6. The van der Waals surface area contributed by atoms with Gasteiger partial charge in [0.15, 0.2) is 0 Å². The molecule has 0 aromatic carbocycles. The molecule has 1 aliphatic heterocycles. The molecule has 0 aliphatic carbocycles. The summed E-state index contributed by atoms with van der Waals surface area (Å²) < 4.78 is 0. The van der Waals surface area contributed by atoms with E-state index in [9.17, 15) is 14.4 Å². The normalized spacial score (nSPS) is 18.4. The summed E-state index contributed by atoms with van der Waals surface area (Å²) in [7, 11) is 0. The highest BCUT2D eigenvalue weighted by atomic mass is 16.2. The average Bonchev–Trinajstić information content (AvgIpc) is 2.48. The van der Waals surface area contributed by atoms with Crippen molar-refractivity contribution in [3.63, 3.8) is 0 Å². The zero-order valence-corrected chi connectivity index (χ0v) is 14.5. The minimum absolute atomic E-state index is 0.00788. The van der Waals surface area contributed by atoms with Gasteiger partial charge in [0.1, 0.15) is 0 Å². The van der Waals surface area contributed by atoms with Crippen LogP contribution in [0.25, 0.3) is 0 Å². The first kappa shape index (κ1) is 19.4. The molecular weight excluding hydrogens is 296 g/mol. The molecule has 0 bridgehead atoms. The van der Waals surface area contributed by atoms with Gasteiger partial charge in [0.05, 0.1) is 12.5 Å². The lowest BCUT2D eigenvalue weighted by Crippen LogP contribution is -2.49. The maximum absolute atomic E-state index is 12.2. The van der Waals surface area contributed by atoms with Crippen LogP contribution in [-0.2, 0) is 14.4 Å². The summed E-state index contributed by atoms with van der Waals surface area (Å²) >= 11 is 0. The molecule has 1 heterocycles. The van der Waals surface area contributed by atoms with Gasteiger partial charge < -0.3 is 21.3 Å². The number of hydrogen-bond donors (Lipinski definition) is 3. The monoisotopic (exact) mass is 326 g/mol. The standard InChI is InChI=1S/C16H30N4O3/c1-16(2,3)9-13(21)19-10-14(22)20-8-4-5-12(11-20)15(23)18-7-6-17/h12H,4-11,17H2,1-3H3,(H,18,23)(H,19,21). The lowest BCUT2D eigenvalue weighted by atomic mass is 9.92. The number of hydrogen-bond acceptors (Lipinski definition) is 4. The number of carbonyl (C=O) groups excluding carboxylic acids is 3. The molecule has 0 aromatic rings. The fourth-order valence-corrected chi connectivity index (χ4v) is 2.59. The number of likely N-dealkylation sites (tertiary alicyclic amines) is 1. The van der Waals surface area contributed by atoms with Gasteiger partial charge in [0, 0.05) is 32.6 Å². The van der Waals surface area contributed by atoms with Crippen molar-refractivity contribution in [3.05, 3.63) is 0 Å². The Bertz CT molecular complexity index is 432. The van der Waals surface area contributed by atoms with Crippen molar-refractivity contribution in [2.24, 2.45) is 17.1 Å². The quantitative estimate of drug-likeness (QED) is 0.631. The van der Waals surface area contributed by atoms with Crippen LogP contribution in [0.15, 0.2) is 0 Å². The van der Waals surface area contributed by atoms with Crippen LogP contribution in [0.5, 0.6) is 0 Å². The highest BCUT2D eigenvalue weighted by molar-refractivity contribution is 5.86. The van der Waals surface area contributed by atoms with Crippen molar-refractivity contribution < 1.29 is 14.4 Å². The third-order valence-corrected chi connectivity index (χ3v) is 3.72. The topological polar surface area (TPSA) is 105 Å². The smallest absolute Gasteiger partial charge is 0.241 e. The minimum Gasteiger partial charge on any atom is -0.355 e. The van der Waals surface area contributed by atoms with Crippen LogP contribution >= 0.6 is 0 Å². The molecule has 0 aromatic heterocycles. The van der Waals surface area contributed by atoms with Gasteiger partial charge in [-0.15, -0.1) is 0 Å². The average molecular weight is 326 g/mol. The first-order chi connectivity index (χ1) is 10.7. The van der Waals surface area contributed by atoms with E-state index in [1.807, 2.05) is 20.8 Å². The van der Waals surface area contributed by atoms with Gasteiger partial charge in [0.25, 0.3) is 0 Å². The Labute approximate surface area is 138 Å². The third-order valence-electron chi connectivity index (χ3n) is 3.72.